The number of benzene rings is 12. The lowest BCUT2D eigenvalue weighted by Crippen LogP contribution is -2.24. The highest BCUT2D eigenvalue weighted by molar-refractivity contribution is 6.25. The van der Waals surface area contributed by atoms with Gasteiger partial charge in [-0.05, 0) is 153 Å². The van der Waals surface area contributed by atoms with Crippen LogP contribution in [0.4, 0.5) is 34.1 Å². The molecular formula is C73H52N2O2. The molecule has 366 valence electrons. The summed E-state index contributed by atoms with van der Waals surface area (Å²) in [5.74, 6) is 0. The van der Waals surface area contributed by atoms with Gasteiger partial charge in [-0.25, -0.2) is 0 Å². The van der Waals surface area contributed by atoms with Crippen molar-refractivity contribution in [3.8, 4) is 33.4 Å². The van der Waals surface area contributed by atoms with Crippen molar-refractivity contribution in [1.29, 1.82) is 0 Å². The smallest absolute Gasteiger partial charge is 0.160 e. The van der Waals surface area contributed by atoms with E-state index in [2.05, 4.69) is 278 Å². The summed E-state index contributed by atoms with van der Waals surface area (Å²) >= 11 is 0. The third kappa shape index (κ3) is 6.99. The number of anilines is 6. The highest BCUT2D eigenvalue weighted by Crippen LogP contribution is 2.62. The number of hydrogen-bond acceptors (Lipinski definition) is 4. The van der Waals surface area contributed by atoms with Crippen molar-refractivity contribution in [3.05, 3.63) is 266 Å². The Balaban J connectivity index is 0.975. The molecule has 0 radical (unpaired) electrons. The monoisotopic (exact) mass is 988 g/mol. The Bertz CT molecular complexity index is 4590. The standard InChI is InChI=1S/C73H52N2O2/c1-3-73(4-2)61-46-64(75(56-25-9-6-10-26-56)58-41-37-50(38-42-58)54-34-32-48-20-12-14-22-52(48)44-54)71-68(60-28-16-18-30-66(60)76-71)69(61)70-62(73)45-63(67-59-27-15-17-29-65(59)77-72(67)70)74(55-23-7-5-8-24-55)57-39-35-49(36-40-57)53-33-31-47-19-11-13-21-51(47)43-53/h5-46H,3-4H2,1-2H3. The average Bonchev–Trinajstić information content (AvgIpc) is 4.23. The maximum Gasteiger partial charge on any atom is 0.160 e. The molecule has 14 aromatic rings. The fraction of sp³-hybridized carbons (Fsp3) is 0.0685. The normalized spacial score (nSPS) is 12.8. The van der Waals surface area contributed by atoms with Crippen LogP contribution in [0, 0.1) is 0 Å². The summed E-state index contributed by atoms with van der Waals surface area (Å²) in [6.45, 7) is 4.73. The largest absolute Gasteiger partial charge is 0.455 e. The molecule has 0 fully saturated rings. The maximum atomic E-state index is 7.37. The second-order valence-corrected chi connectivity index (χ2v) is 20.6. The molecule has 0 spiro atoms. The van der Waals surface area contributed by atoms with Crippen molar-refractivity contribution in [2.24, 2.45) is 0 Å². The molecule has 4 heteroatoms. The number of furan rings is 2. The van der Waals surface area contributed by atoms with E-state index in [0.29, 0.717) is 0 Å². The molecule has 0 N–H and O–H groups in total. The van der Waals surface area contributed by atoms with Crippen molar-refractivity contribution < 1.29 is 8.83 Å². The Morgan fingerprint density at radius 1 is 0.325 bits per heavy atom. The zero-order valence-electron chi connectivity index (χ0n) is 42.9. The molecule has 1 aliphatic carbocycles. The Labute approximate surface area is 447 Å². The predicted molar refractivity (Wildman–Crippen MR) is 323 cm³/mol. The van der Waals surface area contributed by atoms with Gasteiger partial charge >= 0.3 is 0 Å². The highest BCUT2D eigenvalue weighted by atomic mass is 16.3. The number of nitrogens with zero attached hydrogens (tertiary/aromatic N) is 2. The van der Waals surface area contributed by atoms with Crippen LogP contribution in [0.1, 0.15) is 37.8 Å². The summed E-state index contributed by atoms with van der Waals surface area (Å²) in [5.41, 5.74) is 18.9. The maximum absolute atomic E-state index is 7.37. The zero-order valence-corrected chi connectivity index (χ0v) is 42.9. The SMILES string of the molecule is CCC1(CC)c2cc(N(c3ccccc3)c3ccc(-c4ccc5ccccc5c4)cc3)c3c(oc4ccccc43)c2-c2c1cc(N(c1ccccc1)c1ccc(-c3ccc4ccccc4c3)cc1)c1oc3ccccc3c21. The lowest BCUT2D eigenvalue weighted by atomic mass is 9.73. The third-order valence-corrected chi connectivity index (χ3v) is 16.7. The van der Waals surface area contributed by atoms with Crippen LogP contribution in [0.15, 0.2) is 264 Å². The Morgan fingerprint density at radius 3 is 1.26 bits per heavy atom. The lowest BCUT2D eigenvalue weighted by Gasteiger charge is -2.33. The molecule has 0 aliphatic heterocycles. The topological polar surface area (TPSA) is 32.8 Å². The molecule has 0 atom stereocenters. The average molecular weight is 989 g/mol. The van der Waals surface area contributed by atoms with Gasteiger partial charge in [-0.15, -0.1) is 0 Å². The van der Waals surface area contributed by atoms with Gasteiger partial charge in [-0.2, -0.15) is 0 Å². The van der Waals surface area contributed by atoms with Crippen LogP contribution in [0.25, 0.3) is 98.8 Å². The molecule has 0 saturated carbocycles. The van der Waals surface area contributed by atoms with Crippen LogP contribution in [0.3, 0.4) is 0 Å². The van der Waals surface area contributed by atoms with E-state index in [9.17, 15) is 0 Å². The van der Waals surface area contributed by atoms with Crippen molar-refractivity contribution in [3.63, 3.8) is 0 Å². The fourth-order valence-corrected chi connectivity index (χ4v) is 12.9. The molecule has 2 heterocycles. The van der Waals surface area contributed by atoms with Crippen LogP contribution in [0.2, 0.25) is 0 Å². The highest BCUT2D eigenvalue weighted by Gasteiger charge is 2.46. The summed E-state index contributed by atoms with van der Waals surface area (Å²) in [5, 5.41) is 9.28. The number of para-hydroxylation sites is 4. The van der Waals surface area contributed by atoms with Crippen LogP contribution in [-0.2, 0) is 5.41 Å². The number of fused-ring (bicyclic) bond motifs is 13. The van der Waals surface area contributed by atoms with E-state index in [1.165, 1.54) is 54.9 Å². The van der Waals surface area contributed by atoms with Crippen LogP contribution < -0.4 is 9.80 Å². The van der Waals surface area contributed by atoms with E-state index in [4.69, 9.17) is 8.83 Å². The van der Waals surface area contributed by atoms with Gasteiger partial charge in [0.1, 0.15) is 16.7 Å². The van der Waals surface area contributed by atoms with Gasteiger partial charge < -0.3 is 18.6 Å². The Morgan fingerprint density at radius 2 is 0.727 bits per heavy atom. The van der Waals surface area contributed by atoms with Gasteiger partial charge in [0.25, 0.3) is 0 Å². The van der Waals surface area contributed by atoms with E-state index < -0.39 is 5.41 Å². The van der Waals surface area contributed by atoms with Crippen LogP contribution >= 0.6 is 0 Å². The molecule has 0 amide bonds. The summed E-state index contributed by atoms with van der Waals surface area (Å²) in [4.78, 5) is 4.84. The molecule has 2 aromatic heterocycles. The van der Waals surface area contributed by atoms with Crippen molar-refractivity contribution >= 4 is 99.5 Å². The van der Waals surface area contributed by atoms with Gasteiger partial charge in [-0.3, -0.25) is 0 Å². The van der Waals surface area contributed by atoms with Crippen LogP contribution in [0.5, 0.6) is 0 Å². The minimum absolute atomic E-state index is 0.404. The summed E-state index contributed by atoms with van der Waals surface area (Å²) < 4.78 is 14.6. The first-order valence-corrected chi connectivity index (χ1v) is 26.9. The molecule has 0 saturated heterocycles. The van der Waals surface area contributed by atoms with Gasteiger partial charge in [-0.1, -0.05) is 184 Å². The van der Waals surface area contributed by atoms with Crippen molar-refractivity contribution in [1.82, 2.24) is 0 Å². The fourth-order valence-electron chi connectivity index (χ4n) is 12.9. The third-order valence-electron chi connectivity index (χ3n) is 16.7. The number of hydrogen-bond donors (Lipinski definition) is 0. The molecule has 1 aliphatic rings. The van der Waals surface area contributed by atoms with Gasteiger partial charge in [0, 0.05) is 55.5 Å². The second kappa shape index (κ2) is 17.8. The molecule has 0 bridgehead atoms. The van der Waals surface area contributed by atoms with E-state index >= 15 is 0 Å². The van der Waals surface area contributed by atoms with Gasteiger partial charge in [0.05, 0.1) is 16.8 Å². The van der Waals surface area contributed by atoms with E-state index in [1.807, 2.05) is 0 Å². The summed E-state index contributed by atoms with van der Waals surface area (Å²) in [6.07, 6.45) is 1.74. The Kier molecular flexibility index (Phi) is 10.3. The van der Waals surface area contributed by atoms with E-state index in [1.54, 1.807) is 0 Å². The summed E-state index contributed by atoms with van der Waals surface area (Å²) in [6, 6.07) is 92.4. The quantitative estimate of drug-likeness (QED) is 0.137. The first kappa shape index (κ1) is 44.8. The first-order chi connectivity index (χ1) is 38.1. The molecule has 15 rings (SSSR count). The lowest BCUT2D eigenvalue weighted by molar-refractivity contribution is 0.490. The molecule has 4 nitrogen and oxygen atoms in total. The summed E-state index contributed by atoms with van der Waals surface area (Å²) in [7, 11) is 0. The van der Waals surface area contributed by atoms with Crippen LogP contribution in [-0.4, -0.2) is 0 Å². The van der Waals surface area contributed by atoms with Gasteiger partial charge in [0.15, 0.2) is 5.58 Å². The van der Waals surface area contributed by atoms with E-state index in [-0.39, 0.29) is 0 Å². The van der Waals surface area contributed by atoms with E-state index in [0.717, 1.165) is 102 Å². The Hall–Kier alpha value is -9.64. The minimum atomic E-state index is -0.404. The first-order valence-electron chi connectivity index (χ1n) is 26.9. The predicted octanol–water partition coefficient (Wildman–Crippen LogP) is 21.2. The molecule has 77 heavy (non-hydrogen) atoms. The van der Waals surface area contributed by atoms with Crippen molar-refractivity contribution in [2.75, 3.05) is 9.80 Å². The number of rotatable bonds is 10. The molecule has 12 aromatic carbocycles. The molecular weight excluding hydrogens is 937 g/mol. The second-order valence-electron chi connectivity index (χ2n) is 20.6. The van der Waals surface area contributed by atoms with Crippen molar-refractivity contribution in [2.45, 2.75) is 32.1 Å². The zero-order chi connectivity index (χ0) is 51.2. The molecule has 0 unspecified atom stereocenters. The minimum Gasteiger partial charge on any atom is -0.455 e. The van der Waals surface area contributed by atoms with Gasteiger partial charge in [0.2, 0.25) is 0 Å².